The molecular weight excluding hydrogens is 455 g/mol. The van der Waals surface area contributed by atoms with Crippen molar-refractivity contribution in [2.75, 3.05) is 24.5 Å². The SMILES string of the molecule is Cc1ccn(-c2ccnc(C(=O)N3CCN(c4ccncc4)CC3C)n2)n1.O=C(O)C(F)(F)F. The van der Waals surface area contributed by atoms with E-state index in [1.54, 1.807) is 29.3 Å². The highest BCUT2D eigenvalue weighted by atomic mass is 19.4. The average molecular weight is 477 g/mol. The predicted molar refractivity (Wildman–Crippen MR) is 115 cm³/mol. The quantitative estimate of drug-likeness (QED) is 0.611. The summed E-state index contributed by atoms with van der Waals surface area (Å²) in [5.74, 6) is -2.12. The van der Waals surface area contributed by atoms with Crippen LogP contribution in [0.3, 0.4) is 0 Å². The Kier molecular flexibility index (Phi) is 7.44. The Morgan fingerprint density at radius 3 is 2.32 bits per heavy atom. The second-order valence-electron chi connectivity index (χ2n) is 7.44. The standard InChI is InChI=1S/C19H21N7O.C2HF3O2/c1-14-6-10-26(23-14)17-5-9-21-18(22-17)19(27)25-12-11-24(13-15(25)2)16-3-7-20-8-4-16;3-2(4,5)1(6)7/h3-10,15H,11-13H2,1-2H3;(H,6,7). The third kappa shape index (κ3) is 6.05. The minimum absolute atomic E-state index is 0.0543. The summed E-state index contributed by atoms with van der Waals surface area (Å²) in [6.07, 6.45) is 1.91. The monoisotopic (exact) mass is 477 g/mol. The summed E-state index contributed by atoms with van der Waals surface area (Å²) in [5, 5.41) is 11.5. The Bertz CT molecular complexity index is 1140. The number of piperazine rings is 1. The minimum atomic E-state index is -5.08. The smallest absolute Gasteiger partial charge is 0.475 e. The summed E-state index contributed by atoms with van der Waals surface area (Å²) in [6.45, 7) is 6.10. The summed E-state index contributed by atoms with van der Waals surface area (Å²) in [4.78, 5) is 38.7. The highest BCUT2D eigenvalue weighted by Gasteiger charge is 2.38. The maximum Gasteiger partial charge on any atom is 0.490 e. The molecule has 1 fully saturated rings. The molecule has 1 saturated heterocycles. The van der Waals surface area contributed by atoms with Gasteiger partial charge in [-0.2, -0.15) is 18.3 Å². The Morgan fingerprint density at radius 1 is 1.09 bits per heavy atom. The first-order chi connectivity index (χ1) is 16.1. The lowest BCUT2D eigenvalue weighted by Gasteiger charge is -2.40. The molecule has 0 aromatic carbocycles. The lowest BCUT2D eigenvalue weighted by atomic mass is 10.1. The van der Waals surface area contributed by atoms with Crippen LogP contribution in [0, 0.1) is 6.92 Å². The van der Waals surface area contributed by atoms with Crippen LogP contribution in [0.1, 0.15) is 23.2 Å². The van der Waals surface area contributed by atoms with Crippen LogP contribution in [-0.4, -0.2) is 78.5 Å². The number of hydrogen-bond donors (Lipinski definition) is 1. The maximum absolute atomic E-state index is 13.0. The Balaban J connectivity index is 0.000000406. The molecule has 0 bridgehead atoms. The molecule has 1 N–H and O–H groups in total. The van der Waals surface area contributed by atoms with Gasteiger partial charge in [0.15, 0.2) is 5.82 Å². The lowest BCUT2D eigenvalue weighted by molar-refractivity contribution is -0.192. The van der Waals surface area contributed by atoms with Crippen LogP contribution in [0.5, 0.6) is 0 Å². The number of aromatic nitrogens is 5. The maximum atomic E-state index is 13.0. The summed E-state index contributed by atoms with van der Waals surface area (Å²) in [6, 6.07) is 7.67. The highest BCUT2D eigenvalue weighted by molar-refractivity contribution is 5.91. The van der Waals surface area contributed by atoms with Crippen molar-refractivity contribution in [1.82, 2.24) is 29.6 Å². The zero-order chi connectivity index (χ0) is 24.9. The van der Waals surface area contributed by atoms with Crippen molar-refractivity contribution in [1.29, 1.82) is 0 Å². The number of hydrogen-bond acceptors (Lipinski definition) is 7. The number of halogens is 3. The number of carbonyl (C=O) groups is 2. The van der Waals surface area contributed by atoms with Gasteiger partial charge in [0, 0.05) is 62.2 Å². The molecule has 1 unspecified atom stereocenters. The number of anilines is 1. The van der Waals surface area contributed by atoms with Crippen molar-refractivity contribution in [3.8, 4) is 5.82 Å². The summed E-state index contributed by atoms with van der Waals surface area (Å²) in [7, 11) is 0. The zero-order valence-corrected chi connectivity index (χ0v) is 18.3. The molecule has 1 atom stereocenters. The summed E-state index contributed by atoms with van der Waals surface area (Å²) < 4.78 is 33.4. The number of carboxylic acid groups (broad SMARTS) is 1. The van der Waals surface area contributed by atoms with Crippen LogP contribution < -0.4 is 4.90 Å². The molecule has 4 rings (SSSR count). The Hall–Kier alpha value is -4.03. The first-order valence-electron chi connectivity index (χ1n) is 10.2. The fourth-order valence-electron chi connectivity index (χ4n) is 3.30. The van der Waals surface area contributed by atoms with Crippen LogP contribution in [0.2, 0.25) is 0 Å². The largest absolute Gasteiger partial charge is 0.490 e. The molecular formula is C21H22F3N7O3. The number of carboxylic acids is 1. The van der Waals surface area contributed by atoms with Gasteiger partial charge in [0.05, 0.1) is 5.69 Å². The number of aryl methyl sites for hydroxylation is 1. The van der Waals surface area contributed by atoms with Gasteiger partial charge in [0.25, 0.3) is 5.91 Å². The molecule has 34 heavy (non-hydrogen) atoms. The van der Waals surface area contributed by atoms with Gasteiger partial charge in [-0.1, -0.05) is 0 Å². The average Bonchev–Trinajstić information content (AvgIpc) is 3.25. The molecule has 13 heteroatoms. The zero-order valence-electron chi connectivity index (χ0n) is 18.3. The van der Waals surface area contributed by atoms with Crippen LogP contribution in [-0.2, 0) is 4.79 Å². The number of rotatable bonds is 3. The third-order valence-corrected chi connectivity index (χ3v) is 4.95. The first-order valence-corrected chi connectivity index (χ1v) is 10.2. The lowest BCUT2D eigenvalue weighted by Crippen LogP contribution is -2.54. The molecule has 1 amide bonds. The van der Waals surface area contributed by atoms with E-state index < -0.39 is 12.1 Å². The van der Waals surface area contributed by atoms with Crippen molar-refractivity contribution in [3.63, 3.8) is 0 Å². The van der Waals surface area contributed by atoms with Gasteiger partial charge in [0.1, 0.15) is 0 Å². The van der Waals surface area contributed by atoms with E-state index in [0.717, 1.165) is 24.5 Å². The third-order valence-electron chi connectivity index (χ3n) is 4.95. The normalized spacial score (nSPS) is 16.0. The van der Waals surface area contributed by atoms with E-state index in [2.05, 4.69) is 25.0 Å². The molecule has 4 heterocycles. The molecule has 1 aliphatic rings. The fraction of sp³-hybridized carbons (Fsp3) is 0.333. The second kappa shape index (κ2) is 10.3. The van der Waals surface area contributed by atoms with Crippen LogP contribution in [0.4, 0.5) is 18.9 Å². The molecule has 1 aliphatic heterocycles. The van der Waals surface area contributed by atoms with E-state index >= 15 is 0 Å². The van der Waals surface area contributed by atoms with E-state index in [-0.39, 0.29) is 17.8 Å². The van der Waals surface area contributed by atoms with Crippen molar-refractivity contribution in [2.24, 2.45) is 0 Å². The topological polar surface area (TPSA) is 117 Å². The van der Waals surface area contributed by atoms with Crippen LogP contribution in [0.25, 0.3) is 5.82 Å². The Morgan fingerprint density at radius 2 is 1.76 bits per heavy atom. The van der Waals surface area contributed by atoms with E-state index in [9.17, 15) is 18.0 Å². The van der Waals surface area contributed by atoms with Gasteiger partial charge < -0.3 is 14.9 Å². The van der Waals surface area contributed by atoms with Crippen molar-refractivity contribution in [2.45, 2.75) is 26.1 Å². The molecule has 0 radical (unpaired) electrons. The Labute approximate surface area is 192 Å². The number of pyridine rings is 1. The molecule has 0 saturated carbocycles. The number of alkyl halides is 3. The number of carbonyl (C=O) groups excluding carboxylic acids is 1. The molecule has 0 aliphatic carbocycles. The first kappa shape index (κ1) is 24.6. The van der Waals surface area contributed by atoms with Crippen molar-refractivity contribution >= 4 is 17.6 Å². The summed E-state index contributed by atoms with van der Waals surface area (Å²) >= 11 is 0. The predicted octanol–water partition coefficient (Wildman–Crippen LogP) is 2.35. The van der Waals surface area contributed by atoms with Crippen molar-refractivity contribution < 1.29 is 27.9 Å². The second-order valence-corrected chi connectivity index (χ2v) is 7.44. The van der Waals surface area contributed by atoms with Crippen molar-refractivity contribution in [3.05, 3.63) is 60.6 Å². The molecule has 3 aromatic heterocycles. The summed E-state index contributed by atoms with van der Waals surface area (Å²) in [5.41, 5.74) is 2.01. The fourth-order valence-corrected chi connectivity index (χ4v) is 3.30. The van der Waals surface area contributed by atoms with Gasteiger partial charge in [-0.3, -0.25) is 9.78 Å². The number of amides is 1. The van der Waals surface area contributed by atoms with Crippen LogP contribution in [0.15, 0.2) is 49.1 Å². The van der Waals surface area contributed by atoms with E-state index in [0.29, 0.717) is 12.4 Å². The minimum Gasteiger partial charge on any atom is -0.475 e. The van der Waals surface area contributed by atoms with E-state index in [1.165, 1.54) is 0 Å². The molecule has 0 spiro atoms. The van der Waals surface area contributed by atoms with Gasteiger partial charge in [0.2, 0.25) is 5.82 Å². The van der Waals surface area contributed by atoms with Gasteiger partial charge in [-0.05, 0) is 32.0 Å². The van der Waals surface area contributed by atoms with Gasteiger partial charge in [-0.25, -0.2) is 19.4 Å². The van der Waals surface area contributed by atoms with Gasteiger partial charge >= 0.3 is 12.1 Å². The van der Waals surface area contributed by atoms with E-state index in [1.807, 2.05) is 43.1 Å². The van der Waals surface area contributed by atoms with Gasteiger partial charge in [-0.15, -0.1) is 0 Å². The number of aliphatic carboxylic acids is 1. The molecule has 3 aromatic rings. The van der Waals surface area contributed by atoms with E-state index in [4.69, 9.17) is 9.90 Å². The molecule has 180 valence electrons. The highest BCUT2D eigenvalue weighted by Crippen LogP contribution is 2.19. The molecule has 10 nitrogen and oxygen atoms in total. The van der Waals surface area contributed by atoms with Crippen LogP contribution >= 0.6 is 0 Å². The number of nitrogens with zero attached hydrogens (tertiary/aromatic N) is 7.